The van der Waals surface area contributed by atoms with Crippen LogP contribution in [0, 0.1) is 5.92 Å². The minimum absolute atomic E-state index is 0.183. The number of rotatable bonds is 7. The standard InChI is InChI=1S/C20H23N5O2/c1-14(2)11-12-27-18-9-7-15(8-10-18)20(26)21-17-6-4-5-16(13-17)19-22-23-24-25(19)3/h4-10,13-14H,11-12H2,1-3H3,(H,21,26). The molecule has 0 atom stereocenters. The van der Waals surface area contributed by atoms with E-state index in [0.717, 1.165) is 17.7 Å². The van der Waals surface area contributed by atoms with E-state index in [2.05, 4.69) is 34.7 Å². The SMILES string of the molecule is CC(C)CCOc1ccc(C(=O)Nc2cccc(-c3nnnn3C)c2)cc1. The lowest BCUT2D eigenvalue weighted by molar-refractivity contribution is 0.102. The van der Waals surface area contributed by atoms with E-state index in [1.165, 1.54) is 0 Å². The molecule has 7 heteroatoms. The van der Waals surface area contributed by atoms with E-state index < -0.39 is 0 Å². The molecule has 2 aromatic carbocycles. The molecule has 7 nitrogen and oxygen atoms in total. The first-order valence-electron chi connectivity index (χ1n) is 8.90. The van der Waals surface area contributed by atoms with Crippen LogP contribution in [0.4, 0.5) is 5.69 Å². The molecular formula is C20H23N5O2. The molecule has 1 heterocycles. The van der Waals surface area contributed by atoms with Gasteiger partial charge in [0.05, 0.1) is 6.61 Å². The molecule has 140 valence electrons. The molecule has 27 heavy (non-hydrogen) atoms. The summed E-state index contributed by atoms with van der Waals surface area (Å²) >= 11 is 0. The number of aryl methyl sites for hydroxylation is 1. The van der Waals surface area contributed by atoms with Crippen LogP contribution in [0.2, 0.25) is 0 Å². The van der Waals surface area contributed by atoms with Gasteiger partial charge in [-0.1, -0.05) is 26.0 Å². The van der Waals surface area contributed by atoms with Gasteiger partial charge in [0, 0.05) is 23.9 Å². The van der Waals surface area contributed by atoms with Crippen molar-refractivity contribution in [3.63, 3.8) is 0 Å². The zero-order chi connectivity index (χ0) is 19.2. The summed E-state index contributed by atoms with van der Waals surface area (Å²) in [5, 5.41) is 14.4. The molecule has 0 aliphatic rings. The smallest absolute Gasteiger partial charge is 0.255 e. The number of nitrogens with one attached hydrogen (secondary N) is 1. The predicted octanol–water partition coefficient (Wildman–Crippen LogP) is 3.55. The largest absolute Gasteiger partial charge is 0.494 e. The number of carbonyl (C=O) groups is 1. The van der Waals surface area contributed by atoms with Crippen LogP contribution < -0.4 is 10.1 Å². The first kappa shape index (κ1) is 18.6. The second kappa shape index (κ2) is 8.44. The van der Waals surface area contributed by atoms with Crippen molar-refractivity contribution in [2.45, 2.75) is 20.3 Å². The van der Waals surface area contributed by atoms with Crippen LogP contribution in [-0.4, -0.2) is 32.7 Å². The minimum Gasteiger partial charge on any atom is -0.494 e. The molecule has 0 saturated carbocycles. The summed E-state index contributed by atoms with van der Waals surface area (Å²) in [7, 11) is 1.77. The number of carbonyl (C=O) groups excluding carboxylic acids is 1. The number of anilines is 1. The third-order valence-corrected chi connectivity index (χ3v) is 4.08. The average Bonchev–Trinajstić information content (AvgIpc) is 3.08. The second-order valence-corrected chi connectivity index (χ2v) is 6.72. The molecule has 0 bridgehead atoms. The van der Waals surface area contributed by atoms with Gasteiger partial charge in [-0.3, -0.25) is 4.79 Å². The third kappa shape index (κ3) is 4.91. The Hall–Kier alpha value is -3.22. The third-order valence-electron chi connectivity index (χ3n) is 4.08. The van der Waals surface area contributed by atoms with Gasteiger partial charge in [0.15, 0.2) is 5.82 Å². The Morgan fingerprint density at radius 1 is 1.19 bits per heavy atom. The predicted molar refractivity (Wildman–Crippen MR) is 104 cm³/mol. The van der Waals surface area contributed by atoms with E-state index in [1.807, 2.05) is 36.4 Å². The highest BCUT2D eigenvalue weighted by Gasteiger charge is 2.10. The molecule has 0 radical (unpaired) electrons. The highest BCUT2D eigenvalue weighted by molar-refractivity contribution is 6.04. The molecule has 1 amide bonds. The maximum Gasteiger partial charge on any atom is 0.255 e. The van der Waals surface area contributed by atoms with Gasteiger partial charge in [0.25, 0.3) is 5.91 Å². The van der Waals surface area contributed by atoms with Crippen molar-refractivity contribution in [1.82, 2.24) is 20.2 Å². The number of aromatic nitrogens is 4. The number of benzene rings is 2. The van der Waals surface area contributed by atoms with Crippen LogP contribution in [0.25, 0.3) is 11.4 Å². The lowest BCUT2D eigenvalue weighted by Crippen LogP contribution is -2.12. The molecular weight excluding hydrogens is 342 g/mol. The van der Waals surface area contributed by atoms with Crippen LogP contribution in [0.3, 0.4) is 0 Å². The van der Waals surface area contributed by atoms with Crippen LogP contribution in [-0.2, 0) is 7.05 Å². The van der Waals surface area contributed by atoms with Gasteiger partial charge < -0.3 is 10.1 Å². The van der Waals surface area contributed by atoms with Gasteiger partial charge >= 0.3 is 0 Å². The molecule has 3 rings (SSSR count). The van der Waals surface area contributed by atoms with Crippen molar-refractivity contribution in [2.24, 2.45) is 13.0 Å². The number of ether oxygens (including phenoxy) is 1. The van der Waals surface area contributed by atoms with Crippen LogP contribution >= 0.6 is 0 Å². The molecule has 0 aliphatic carbocycles. The van der Waals surface area contributed by atoms with E-state index in [1.54, 1.807) is 23.9 Å². The Balaban J connectivity index is 1.64. The molecule has 0 unspecified atom stereocenters. The average molecular weight is 365 g/mol. The maximum atomic E-state index is 12.5. The highest BCUT2D eigenvalue weighted by Crippen LogP contribution is 2.20. The van der Waals surface area contributed by atoms with Gasteiger partial charge in [-0.15, -0.1) is 5.10 Å². The van der Waals surface area contributed by atoms with Crippen LogP contribution in [0.15, 0.2) is 48.5 Å². The number of nitrogens with zero attached hydrogens (tertiary/aromatic N) is 4. The topological polar surface area (TPSA) is 81.9 Å². The normalized spacial score (nSPS) is 10.8. The molecule has 0 fully saturated rings. The molecule has 3 aromatic rings. The number of hydrogen-bond acceptors (Lipinski definition) is 5. The second-order valence-electron chi connectivity index (χ2n) is 6.72. The zero-order valence-corrected chi connectivity index (χ0v) is 15.7. The number of amides is 1. The Bertz CT molecular complexity index is 903. The summed E-state index contributed by atoms with van der Waals surface area (Å²) < 4.78 is 7.27. The Morgan fingerprint density at radius 2 is 1.96 bits per heavy atom. The quantitative estimate of drug-likeness (QED) is 0.692. The van der Waals surface area contributed by atoms with E-state index in [-0.39, 0.29) is 5.91 Å². The molecule has 0 spiro atoms. The lowest BCUT2D eigenvalue weighted by atomic mass is 10.1. The van der Waals surface area contributed by atoms with Gasteiger partial charge in [-0.25, -0.2) is 4.68 Å². The van der Waals surface area contributed by atoms with E-state index in [4.69, 9.17) is 4.74 Å². The molecule has 1 N–H and O–H groups in total. The highest BCUT2D eigenvalue weighted by atomic mass is 16.5. The van der Waals surface area contributed by atoms with Gasteiger partial charge in [0.1, 0.15) is 5.75 Å². The summed E-state index contributed by atoms with van der Waals surface area (Å²) in [6, 6.07) is 14.6. The Kier molecular flexibility index (Phi) is 5.80. The zero-order valence-electron chi connectivity index (χ0n) is 15.7. The van der Waals surface area contributed by atoms with Crippen molar-refractivity contribution in [1.29, 1.82) is 0 Å². The Labute approximate surface area is 158 Å². The fourth-order valence-electron chi connectivity index (χ4n) is 2.53. The Morgan fingerprint density at radius 3 is 2.63 bits per heavy atom. The van der Waals surface area contributed by atoms with Gasteiger partial charge in [-0.2, -0.15) is 0 Å². The molecule has 0 aliphatic heterocycles. The monoisotopic (exact) mass is 365 g/mol. The van der Waals surface area contributed by atoms with Crippen molar-refractivity contribution in [3.8, 4) is 17.1 Å². The minimum atomic E-state index is -0.183. The first-order chi connectivity index (χ1) is 13.0. The maximum absolute atomic E-state index is 12.5. The van der Waals surface area contributed by atoms with Gasteiger partial charge in [-0.05, 0) is 59.2 Å². The van der Waals surface area contributed by atoms with E-state index >= 15 is 0 Å². The first-order valence-corrected chi connectivity index (χ1v) is 8.90. The van der Waals surface area contributed by atoms with Crippen LogP contribution in [0.5, 0.6) is 5.75 Å². The van der Waals surface area contributed by atoms with Crippen LogP contribution in [0.1, 0.15) is 30.6 Å². The lowest BCUT2D eigenvalue weighted by Gasteiger charge is -2.09. The van der Waals surface area contributed by atoms with Crippen molar-refractivity contribution in [2.75, 3.05) is 11.9 Å². The fraction of sp³-hybridized carbons (Fsp3) is 0.300. The summed E-state index contributed by atoms with van der Waals surface area (Å²) in [5.74, 6) is 1.82. The van der Waals surface area contributed by atoms with Gasteiger partial charge in [0.2, 0.25) is 0 Å². The molecule has 1 aromatic heterocycles. The van der Waals surface area contributed by atoms with Crippen molar-refractivity contribution >= 4 is 11.6 Å². The van der Waals surface area contributed by atoms with Crippen molar-refractivity contribution < 1.29 is 9.53 Å². The summed E-state index contributed by atoms with van der Waals surface area (Å²) in [6.07, 6.45) is 1.000. The number of hydrogen-bond donors (Lipinski definition) is 1. The summed E-state index contributed by atoms with van der Waals surface area (Å²) in [4.78, 5) is 12.5. The summed E-state index contributed by atoms with van der Waals surface area (Å²) in [6.45, 7) is 4.99. The summed E-state index contributed by atoms with van der Waals surface area (Å²) in [5.41, 5.74) is 2.07. The van der Waals surface area contributed by atoms with E-state index in [9.17, 15) is 4.79 Å². The van der Waals surface area contributed by atoms with E-state index in [0.29, 0.717) is 29.6 Å². The molecule has 0 saturated heterocycles. The van der Waals surface area contributed by atoms with Crippen molar-refractivity contribution in [3.05, 3.63) is 54.1 Å². The number of tetrazole rings is 1. The fourth-order valence-corrected chi connectivity index (χ4v) is 2.53.